The Hall–Kier alpha value is -1.89. The molecule has 0 bridgehead atoms. The van der Waals surface area contributed by atoms with Crippen LogP contribution in [-0.2, 0) is 19.1 Å². The number of methoxy groups -OCH3 is 1. The van der Waals surface area contributed by atoms with Crippen LogP contribution >= 0.6 is 15.9 Å². The van der Waals surface area contributed by atoms with E-state index in [1.54, 1.807) is 32.0 Å². The van der Waals surface area contributed by atoms with Crippen molar-refractivity contribution in [3.8, 4) is 5.75 Å². The zero-order valence-electron chi connectivity index (χ0n) is 12.7. The molecular weight excluding hydrogens is 354 g/mol. The summed E-state index contributed by atoms with van der Waals surface area (Å²) in [7, 11) is 1.54. The number of hydrogen-bond acceptors (Lipinski definition) is 6. The Morgan fingerprint density at radius 3 is 2.32 bits per heavy atom. The molecular formula is C15H18BrNO5. The average Bonchev–Trinajstić information content (AvgIpc) is 2.49. The average molecular weight is 372 g/mol. The minimum Gasteiger partial charge on any atom is -0.495 e. The Kier molecular flexibility index (Phi) is 7.59. The maximum atomic E-state index is 11.8. The van der Waals surface area contributed by atoms with E-state index in [-0.39, 0.29) is 13.2 Å². The van der Waals surface area contributed by atoms with Gasteiger partial charge in [0.25, 0.3) is 0 Å². The Bertz CT molecular complexity index is 541. The molecule has 0 aliphatic heterocycles. The zero-order chi connectivity index (χ0) is 16.5. The number of rotatable bonds is 7. The molecule has 0 N–H and O–H groups in total. The summed E-state index contributed by atoms with van der Waals surface area (Å²) in [5, 5.41) is 0. The van der Waals surface area contributed by atoms with Gasteiger partial charge in [0.1, 0.15) is 5.75 Å². The molecule has 0 aliphatic rings. The van der Waals surface area contributed by atoms with Crippen molar-refractivity contribution in [2.75, 3.05) is 20.3 Å². The number of halogens is 1. The first-order chi connectivity index (χ1) is 10.5. The van der Waals surface area contributed by atoms with Crippen LogP contribution in [0.5, 0.6) is 5.75 Å². The summed E-state index contributed by atoms with van der Waals surface area (Å²) >= 11 is 3.33. The van der Waals surface area contributed by atoms with Gasteiger partial charge >= 0.3 is 11.9 Å². The van der Waals surface area contributed by atoms with Crippen LogP contribution in [0.15, 0.2) is 27.7 Å². The monoisotopic (exact) mass is 371 g/mol. The quantitative estimate of drug-likeness (QED) is 0.418. The summed E-state index contributed by atoms with van der Waals surface area (Å²) in [5.41, 5.74) is 0.540. The van der Waals surface area contributed by atoms with E-state index in [4.69, 9.17) is 14.2 Å². The number of ether oxygens (including phenoxy) is 3. The van der Waals surface area contributed by atoms with Crippen LogP contribution < -0.4 is 4.74 Å². The lowest BCUT2D eigenvalue weighted by Gasteiger charge is -2.10. The predicted molar refractivity (Wildman–Crippen MR) is 85.6 cm³/mol. The molecule has 0 heterocycles. The molecule has 0 unspecified atom stereocenters. The molecule has 0 saturated carbocycles. The normalized spacial score (nSPS) is 10.8. The van der Waals surface area contributed by atoms with Crippen molar-refractivity contribution in [2.45, 2.75) is 13.8 Å². The summed E-state index contributed by atoms with van der Waals surface area (Å²) in [4.78, 5) is 27.8. The van der Waals surface area contributed by atoms with E-state index in [2.05, 4.69) is 20.9 Å². The van der Waals surface area contributed by atoms with Crippen molar-refractivity contribution in [3.63, 3.8) is 0 Å². The number of hydrogen-bond donors (Lipinski definition) is 0. The summed E-state index contributed by atoms with van der Waals surface area (Å²) < 4.78 is 15.7. The number of aliphatic imine (C=N–C) groups is 1. The van der Waals surface area contributed by atoms with E-state index in [1.165, 1.54) is 13.3 Å². The van der Waals surface area contributed by atoms with E-state index < -0.39 is 17.9 Å². The molecule has 1 rings (SSSR count). The topological polar surface area (TPSA) is 74.2 Å². The highest BCUT2D eigenvalue weighted by Crippen LogP contribution is 2.29. The Morgan fingerprint density at radius 1 is 1.23 bits per heavy atom. The first kappa shape index (κ1) is 18.2. The van der Waals surface area contributed by atoms with Gasteiger partial charge in [0.2, 0.25) is 0 Å². The number of nitrogens with zero attached hydrogens (tertiary/aromatic N) is 1. The zero-order valence-corrected chi connectivity index (χ0v) is 14.3. The summed E-state index contributed by atoms with van der Waals surface area (Å²) in [5.74, 6) is -1.96. The Labute approximate surface area is 137 Å². The first-order valence-corrected chi connectivity index (χ1v) is 7.53. The smallest absolute Gasteiger partial charge is 0.325 e. The molecule has 0 saturated heterocycles. The molecule has 22 heavy (non-hydrogen) atoms. The number of carbonyl (C=O) groups excluding carboxylic acids is 2. The maximum absolute atomic E-state index is 11.8. The van der Waals surface area contributed by atoms with E-state index in [0.29, 0.717) is 11.4 Å². The van der Waals surface area contributed by atoms with Crippen molar-refractivity contribution in [3.05, 3.63) is 22.7 Å². The highest BCUT2D eigenvalue weighted by molar-refractivity contribution is 9.10. The largest absolute Gasteiger partial charge is 0.495 e. The molecule has 1 aromatic carbocycles. The van der Waals surface area contributed by atoms with Crippen molar-refractivity contribution < 1.29 is 23.8 Å². The maximum Gasteiger partial charge on any atom is 0.325 e. The van der Waals surface area contributed by atoms with Crippen molar-refractivity contribution in [1.82, 2.24) is 0 Å². The minimum atomic E-state index is -1.19. The lowest BCUT2D eigenvalue weighted by Crippen LogP contribution is -2.29. The third-order valence-electron chi connectivity index (χ3n) is 2.59. The lowest BCUT2D eigenvalue weighted by molar-refractivity contribution is -0.157. The number of carbonyl (C=O) groups is 2. The van der Waals surface area contributed by atoms with Gasteiger partial charge in [-0.05, 0) is 41.9 Å². The van der Waals surface area contributed by atoms with Gasteiger partial charge in [0, 0.05) is 12.3 Å². The van der Waals surface area contributed by atoms with E-state index in [0.717, 1.165) is 4.47 Å². The van der Waals surface area contributed by atoms with Crippen LogP contribution in [0.4, 0.5) is 5.69 Å². The van der Waals surface area contributed by atoms with Crippen LogP contribution in [0.3, 0.4) is 0 Å². The van der Waals surface area contributed by atoms with Crippen LogP contribution in [0.25, 0.3) is 0 Å². The van der Waals surface area contributed by atoms with Gasteiger partial charge < -0.3 is 14.2 Å². The summed E-state index contributed by atoms with van der Waals surface area (Å²) in [6.07, 6.45) is 1.22. The van der Waals surface area contributed by atoms with Crippen molar-refractivity contribution in [2.24, 2.45) is 10.9 Å². The van der Waals surface area contributed by atoms with Gasteiger partial charge in [-0.3, -0.25) is 14.6 Å². The van der Waals surface area contributed by atoms with Gasteiger partial charge in [-0.2, -0.15) is 0 Å². The number of benzene rings is 1. The van der Waals surface area contributed by atoms with E-state index in [1.807, 2.05) is 0 Å². The molecule has 0 aromatic heterocycles. The van der Waals surface area contributed by atoms with Gasteiger partial charge in [-0.1, -0.05) is 0 Å². The van der Waals surface area contributed by atoms with Gasteiger partial charge in [-0.15, -0.1) is 0 Å². The van der Waals surface area contributed by atoms with E-state index in [9.17, 15) is 9.59 Å². The molecule has 0 atom stereocenters. The number of esters is 2. The van der Waals surface area contributed by atoms with Gasteiger partial charge in [0.05, 0.1) is 30.5 Å². The first-order valence-electron chi connectivity index (χ1n) is 6.74. The fourth-order valence-electron chi connectivity index (χ4n) is 1.57. The summed E-state index contributed by atoms with van der Waals surface area (Å²) in [6, 6.07) is 5.15. The fraction of sp³-hybridized carbons (Fsp3) is 0.400. The van der Waals surface area contributed by atoms with Crippen molar-refractivity contribution in [1.29, 1.82) is 0 Å². The molecule has 0 amide bonds. The lowest BCUT2D eigenvalue weighted by atomic mass is 10.1. The third-order valence-corrected chi connectivity index (χ3v) is 3.24. The highest BCUT2D eigenvalue weighted by Gasteiger charge is 2.27. The second-order valence-electron chi connectivity index (χ2n) is 4.08. The molecule has 120 valence electrons. The predicted octanol–water partition coefficient (Wildman–Crippen LogP) is 2.90. The van der Waals surface area contributed by atoms with Crippen LogP contribution in [0.1, 0.15) is 13.8 Å². The highest BCUT2D eigenvalue weighted by atomic mass is 79.9. The summed E-state index contributed by atoms with van der Waals surface area (Å²) in [6.45, 7) is 3.68. The van der Waals surface area contributed by atoms with Crippen LogP contribution in [0.2, 0.25) is 0 Å². The molecule has 0 spiro atoms. The molecule has 6 nitrogen and oxygen atoms in total. The van der Waals surface area contributed by atoms with Gasteiger partial charge in [-0.25, -0.2) is 0 Å². The van der Waals surface area contributed by atoms with Crippen LogP contribution in [0, 0.1) is 5.92 Å². The third kappa shape index (κ3) is 5.14. The molecule has 7 heteroatoms. The second kappa shape index (κ2) is 9.19. The van der Waals surface area contributed by atoms with Crippen molar-refractivity contribution >= 4 is 39.8 Å². The molecule has 0 aliphatic carbocycles. The minimum absolute atomic E-state index is 0.175. The standard InChI is InChI=1S/C15H18BrNO5/c1-4-21-14(18)11(15(19)22-5-2)9-17-10-6-7-12(16)13(8-10)20-3/h6-9,11H,4-5H2,1-3H3. The fourth-order valence-corrected chi connectivity index (χ4v) is 1.98. The molecule has 0 fully saturated rings. The SMILES string of the molecule is CCOC(=O)C(C=Nc1ccc(Br)c(OC)c1)C(=O)OCC. The van der Waals surface area contributed by atoms with E-state index >= 15 is 0 Å². The molecule has 0 radical (unpaired) electrons. The van der Waals surface area contributed by atoms with Crippen LogP contribution in [-0.4, -0.2) is 38.5 Å². The second-order valence-corrected chi connectivity index (χ2v) is 4.93. The Balaban J connectivity index is 2.97. The van der Waals surface area contributed by atoms with Gasteiger partial charge in [0.15, 0.2) is 5.92 Å². The Morgan fingerprint density at radius 2 is 1.82 bits per heavy atom. The molecule has 1 aromatic rings.